The molecule has 1 N–H and O–H groups in total. The number of benzene rings is 2. The molecular formula is C22H20N4O3. The van der Waals surface area contributed by atoms with Gasteiger partial charge in [0.15, 0.2) is 0 Å². The molecule has 146 valence electrons. The van der Waals surface area contributed by atoms with E-state index in [0.717, 1.165) is 18.5 Å². The molecule has 1 aromatic heterocycles. The van der Waals surface area contributed by atoms with Gasteiger partial charge in [0.2, 0.25) is 0 Å². The molecule has 0 aliphatic carbocycles. The Kier molecular flexibility index (Phi) is 5.20. The molecule has 2 heterocycles. The molecule has 1 atom stereocenters. The van der Waals surface area contributed by atoms with E-state index < -0.39 is 4.92 Å². The minimum atomic E-state index is -0.481. The van der Waals surface area contributed by atoms with E-state index >= 15 is 0 Å². The lowest BCUT2D eigenvalue weighted by molar-refractivity contribution is -0.384. The molecular weight excluding hydrogens is 368 g/mol. The zero-order valence-corrected chi connectivity index (χ0v) is 15.7. The number of aromatic nitrogens is 1. The lowest BCUT2D eigenvalue weighted by Crippen LogP contribution is -2.37. The maximum Gasteiger partial charge on any atom is 0.269 e. The van der Waals surface area contributed by atoms with Gasteiger partial charge in [0.1, 0.15) is 0 Å². The average molecular weight is 388 g/mol. The summed E-state index contributed by atoms with van der Waals surface area (Å²) in [7, 11) is 0. The fourth-order valence-electron chi connectivity index (χ4n) is 3.69. The minimum Gasteiger partial charge on any atom is -0.362 e. The van der Waals surface area contributed by atoms with Gasteiger partial charge in [-0.2, -0.15) is 0 Å². The Hall–Kier alpha value is -3.74. The second kappa shape index (κ2) is 8.10. The number of nitrogens with one attached hydrogen (secondary N) is 1. The number of amides is 1. The predicted molar refractivity (Wildman–Crippen MR) is 110 cm³/mol. The van der Waals surface area contributed by atoms with Crippen LogP contribution in [0, 0.1) is 10.1 Å². The third kappa shape index (κ3) is 3.94. The number of non-ortho nitro benzene ring substituents is 1. The van der Waals surface area contributed by atoms with E-state index in [0.29, 0.717) is 12.1 Å². The normalized spacial score (nSPS) is 13.6. The van der Waals surface area contributed by atoms with Crippen molar-refractivity contribution in [1.82, 2.24) is 10.3 Å². The summed E-state index contributed by atoms with van der Waals surface area (Å²) in [5.41, 5.74) is 3.84. The van der Waals surface area contributed by atoms with E-state index in [-0.39, 0.29) is 17.6 Å². The number of rotatable bonds is 6. The molecule has 0 spiro atoms. The van der Waals surface area contributed by atoms with E-state index in [4.69, 9.17) is 0 Å². The van der Waals surface area contributed by atoms with Gasteiger partial charge < -0.3 is 10.2 Å². The predicted octanol–water partition coefficient (Wildman–Crippen LogP) is 3.52. The number of hydrogen-bond donors (Lipinski definition) is 1. The third-order valence-corrected chi connectivity index (χ3v) is 5.16. The number of fused-ring (bicyclic) bond motifs is 1. The van der Waals surface area contributed by atoms with Crippen molar-refractivity contribution in [3.63, 3.8) is 0 Å². The molecule has 7 nitrogen and oxygen atoms in total. The van der Waals surface area contributed by atoms with Crippen LogP contribution in [0.1, 0.15) is 27.5 Å². The second-order valence-electron chi connectivity index (χ2n) is 6.89. The second-order valence-corrected chi connectivity index (χ2v) is 6.89. The summed E-state index contributed by atoms with van der Waals surface area (Å²) in [5.74, 6) is -0.263. The Morgan fingerprint density at radius 2 is 1.93 bits per heavy atom. The summed E-state index contributed by atoms with van der Waals surface area (Å²) < 4.78 is 0. The Morgan fingerprint density at radius 3 is 2.66 bits per heavy atom. The molecule has 1 aliphatic heterocycles. The average Bonchev–Trinajstić information content (AvgIpc) is 3.19. The number of anilines is 1. The van der Waals surface area contributed by atoms with Crippen molar-refractivity contribution in [2.24, 2.45) is 0 Å². The molecule has 1 unspecified atom stereocenters. The van der Waals surface area contributed by atoms with Crippen molar-refractivity contribution in [3.8, 4) is 0 Å². The monoisotopic (exact) mass is 388 g/mol. The minimum absolute atomic E-state index is 0.0385. The summed E-state index contributed by atoms with van der Waals surface area (Å²) in [6.07, 6.45) is 4.51. The number of para-hydroxylation sites is 1. The first kappa shape index (κ1) is 18.6. The number of carbonyl (C=O) groups is 1. The van der Waals surface area contributed by atoms with Crippen LogP contribution >= 0.6 is 0 Å². The summed E-state index contributed by atoms with van der Waals surface area (Å²) in [6, 6.07) is 17.7. The molecule has 29 heavy (non-hydrogen) atoms. The van der Waals surface area contributed by atoms with Crippen LogP contribution in [0.5, 0.6) is 0 Å². The molecule has 1 amide bonds. The summed E-state index contributed by atoms with van der Waals surface area (Å²) in [5, 5.41) is 13.8. The van der Waals surface area contributed by atoms with E-state index in [1.807, 2.05) is 30.5 Å². The van der Waals surface area contributed by atoms with Crippen molar-refractivity contribution in [3.05, 3.63) is 99.9 Å². The van der Waals surface area contributed by atoms with Gasteiger partial charge >= 0.3 is 0 Å². The van der Waals surface area contributed by atoms with Crippen LogP contribution in [0.25, 0.3) is 0 Å². The van der Waals surface area contributed by atoms with E-state index in [9.17, 15) is 14.9 Å². The van der Waals surface area contributed by atoms with Gasteiger partial charge in [0.25, 0.3) is 11.6 Å². The first-order valence-electron chi connectivity index (χ1n) is 9.40. The summed E-state index contributed by atoms with van der Waals surface area (Å²) in [4.78, 5) is 29.5. The van der Waals surface area contributed by atoms with Crippen LogP contribution in [0.2, 0.25) is 0 Å². The van der Waals surface area contributed by atoms with Gasteiger partial charge in [-0.25, -0.2) is 0 Å². The summed E-state index contributed by atoms with van der Waals surface area (Å²) >= 11 is 0. The first-order chi connectivity index (χ1) is 14.1. The van der Waals surface area contributed by atoms with Crippen LogP contribution in [-0.2, 0) is 6.42 Å². The topological polar surface area (TPSA) is 88.4 Å². The standard InChI is InChI=1S/C22H20N4O3/c27-22(17-7-9-19(10-8-17)26(28)29)24-15-21(18-5-3-12-23-14-18)25-13-11-16-4-1-2-6-20(16)25/h1-10,12,14,21H,11,13,15H2,(H,24,27). The van der Waals surface area contributed by atoms with Crippen molar-refractivity contribution in [2.45, 2.75) is 12.5 Å². The van der Waals surface area contributed by atoms with Crippen molar-refractivity contribution < 1.29 is 9.72 Å². The molecule has 4 rings (SSSR count). The molecule has 2 aromatic carbocycles. The lowest BCUT2D eigenvalue weighted by Gasteiger charge is -2.31. The Balaban J connectivity index is 1.54. The highest BCUT2D eigenvalue weighted by atomic mass is 16.6. The highest BCUT2D eigenvalue weighted by Crippen LogP contribution is 2.34. The van der Waals surface area contributed by atoms with Crippen LogP contribution in [0.3, 0.4) is 0 Å². The summed E-state index contributed by atoms with van der Waals surface area (Å²) in [6.45, 7) is 1.27. The van der Waals surface area contributed by atoms with Gasteiger partial charge in [0.05, 0.1) is 11.0 Å². The van der Waals surface area contributed by atoms with E-state index in [1.165, 1.54) is 35.5 Å². The fourth-order valence-corrected chi connectivity index (χ4v) is 3.69. The third-order valence-electron chi connectivity index (χ3n) is 5.16. The van der Waals surface area contributed by atoms with Crippen LogP contribution in [-0.4, -0.2) is 28.9 Å². The smallest absolute Gasteiger partial charge is 0.269 e. The molecule has 7 heteroatoms. The highest BCUT2D eigenvalue weighted by molar-refractivity contribution is 5.94. The van der Waals surface area contributed by atoms with Gasteiger partial charge in [-0.15, -0.1) is 0 Å². The van der Waals surface area contributed by atoms with Gasteiger partial charge in [0, 0.05) is 48.9 Å². The van der Waals surface area contributed by atoms with Gasteiger partial charge in [-0.05, 0) is 41.8 Å². The Morgan fingerprint density at radius 1 is 1.14 bits per heavy atom. The number of nitro groups is 1. The first-order valence-corrected chi connectivity index (χ1v) is 9.40. The van der Waals surface area contributed by atoms with Crippen molar-refractivity contribution >= 4 is 17.3 Å². The van der Waals surface area contributed by atoms with Gasteiger partial charge in [-0.3, -0.25) is 19.9 Å². The number of carbonyl (C=O) groups excluding carboxylic acids is 1. The molecule has 0 saturated heterocycles. The van der Waals surface area contributed by atoms with Crippen molar-refractivity contribution in [1.29, 1.82) is 0 Å². The quantitative estimate of drug-likeness (QED) is 0.516. The van der Waals surface area contributed by atoms with E-state index in [2.05, 4.69) is 27.3 Å². The van der Waals surface area contributed by atoms with E-state index in [1.54, 1.807) is 6.20 Å². The zero-order valence-electron chi connectivity index (χ0n) is 15.7. The Bertz CT molecular complexity index is 1020. The molecule has 0 radical (unpaired) electrons. The highest BCUT2D eigenvalue weighted by Gasteiger charge is 2.27. The molecule has 0 saturated carbocycles. The SMILES string of the molecule is O=C(NCC(c1cccnc1)N1CCc2ccccc21)c1ccc([N+](=O)[O-])cc1. The number of pyridine rings is 1. The molecule has 0 bridgehead atoms. The van der Waals surface area contributed by atoms with Gasteiger partial charge in [-0.1, -0.05) is 24.3 Å². The molecule has 3 aromatic rings. The largest absolute Gasteiger partial charge is 0.362 e. The lowest BCUT2D eigenvalue weighted by atomic mass is 10.1. The van der Waals surface area contributed by atoms with Crippen LogP contribution in [0.15, 0.2) is 73.1 Å². The van der Waals surface area contributed by atoms with Crippen molar-refractivity contribution in [2.75, 3.05) is 18.0 Å². The number of hydrogen-bond acceptors (Lipinski definition) is 5. The molecule has 1 aliphatic rings. The fraction of sp³-hybridized carbons (Fsp3) is 0.182. The van der Waals surface area contributed by atoms with Crippen LogP contribution < -0.4 is 10.2 Å². The maximum atomic E-state index is 12.6. The molecule has 0 fully saturated rings. The number of nitro benzene ring substituents is 1. The maximum absolute atomic E-state index is 12.6. The number of nitrogens with zero attached hydrogens (tertiary/aromatic N) is 3. The zero-order chi connectivity index (χ0) is 20.2. The Labute approximate surface area is 168 Å². The van der Waals surface area contributed by atoms with Crippen LogP contribution in [0.4, 0.5) is 11.4 Å².